The predicted octanol–water partition coefficient (Wildman–Crippen LogP) is 7.73. The van der Waals surface area contributed by atoms with Gasteiger partial charge in [0.05, 0.1) is 41.2 Å². The third kappa shape index (κ3) is 5.25. The Balaban J connectivity index is 1.34. The number of nitrogens with one attached hydrogen (secondary N) is 1. The SMILES string of the molecule is CCOc1cccc(C2C3=CCC4C(=O)N(c5ccc(C)c(Cl)c5)C(=O)C4C3CC3C(=O)N(Nc4ccc(F)cc4)C(=O)C32c2ccc(Cl)cc2)c1O. The van der Waals surface area contributed by atoms with Gasteiger partial charge in [-0.05, 0) is 98.3 Å². The van der Waals surface area contributed by atoms with Gasteiger partial charge in [-0.3, -0.25) is 24.6 Å². The fourth-order valence-electron chi connectivity index (χ4n) is 9.02. The minimum Gasteiger partial charge on any atom is -0.504 e. The summed E-state index contributed by atoms with van der Waals surface area (Å²) < 4.78 is 19.7. The molecule has 12 heteroatoms. The second kappa shape index (κ2) is 13.0. The van der Waals surface area contributed by atoms with Gasteiger partial charge in [-0.1, -0.05) is 65.2 Å². The lowest BCUT2D eigenvalue weighted by Crippen LogP contribution is -2.53. The molecule has 4 aliphatic rings. The van der Waals surface area contributed by atoms with Crippen molar-refractivity contribution >= 4 is 58.2 Å². The molecule has 6 unspecified atom stereocenters. The van der Waals surface area contributed by atoms with Crippen molar-refractivity contribution in [1.29, 1.82) is 0 Å². The number of amides is 4. The summed E-state index contributed by atoms with van der Waals surface area (Å²) in [5.74, 6) is -6.76. The van der Waals surface area contributed by atoms with Gasteiger partial charge in [0, 0.05) is 21.5 Å². The lowest BCUT2D eigenvalue weighted by atomic mass is 9.49. The normalized spacial score (nSPS) is 26.3. The van der Waals surface area contributed by atoms with Crippen LogP contribution in [0.2, 0.25) is 10.0 Å². The Labute approximate surface area is 314 Å². The van der Waals surface area contributed by atoms with Crippen molar-refractivity contribution in [2.75, 3.05) is 16.9 Å². The van der Waals surface area contributed by atoms with E-state index in [0.29, 0.717) is 38.1 Å². The van der Waals surface area contributed by atoms with Gasteiger partial charge < -0.3 is 9.84 Å². The molecule has 4 aromatic rings. The van der Waals surface area contributed by atoms with Crippen LogP contribution in [0.5, 0.6) is 11.5 Å². The average molecular weight is 755 g/mol. The average Bonchev–Trinajstić information content (AvgIpc) is 3.52. The van der Waals surface area contributed by atoms with Gasteiger partial charge in [0.15, 0.2) is 11.5 Å². The highest BCUT2D eigenvalue weighted by Gasteiger charge is 2.70. The van der Waals surface area contributed by atoms with Crippen LogP contribution < -0.4 is 15.1 Å². The quantitative estimate of drug-likeness (QED) is 0.147. The van der Waals surface area contributed by atoms with Crippen LogP contribution in [0, 0.1) is 36.4 Å². The number of hydrazine groups is 1. The number of fused-ring (bicyclic) bond motifs is 4. The molecule has 6 atom stereocenters. The number of hydrogen-bond acceptors (Lipinski definition) is 7. The molecule has 53 heavy (non-hydrogen) atoms. The first-order valence-electron chi connectivity index (χ1n) is 17.4. The minimum atomic E-state index is -1.65. The van der Waals surface area contributed by atoms with Gasteiger partial charge in [-0.2, -0.15) is 5.01 Å². The number of ether oxygens (including phenoxy) is 1. The molecule has 3 fully saturated rings. The lowest BCUT2D eigenvalue weighted by Gasteiger charge is -2.50. The summed E-state index contributed by atoms with van der Waals surface area (Å²) in [6.07, 6.45) is 2.15. The zero-order chi connectivity index (χ0) is 37.3. The maximum absolute atomic E-state index is 15.3. The van der Waals surface area contributed by atoms with Crippen molar-refractivity contribution in [3.8, 4) is 11.5 Å². The third-order valence-electron chi connectivity index (χ3n) is 11.3. The fourth-order valence-corrected chi connectivity index (χ4v) is 9.32. The summed E-state index contributed by atoms with van der Waals surface area (Å²) in [6.45, 7) is 3.87. The predicted molar refractivity (Wildman–Crippen MR) is 197 cm³/mol. The van der Waals surface area contributed by atoms with E-state index in [-0.39, 0.29) is 36.9 Å². The van der Waals surface area contributed by atoms with E-state index in [0.717, 1.165) is 10.6 Å². The Morgan fingerprint density at radius 2 is 1.66 bits per heavy atom. The van der Waals surface area contributed by atoms with Crippen LogP contribution in [0.25, 0.3) is 0 Å². The summed E-state index contributed by atoms with van der Waals surface area (Å²) in [4.78, 5) is 59.9. The second-order valence-electron chi connectivity index (χ2n) is 13.9. The van der Waals surface area contributed by atoms with E-state index in [4.69, 9.17) is 27.9 Å². The van der Waals surface area contributed by atoms with Gasteiger partial charge in [-0.15, -0.1) is 0 Å². The summed E-state index contributed by atoms with van der Waals surface area (Å²) in [7, 11) is 0. The number of phenols is 1. The first-order chi connectivity index (χ1) is 25.5. The molecule has 0 aromatic heterocycles. The second-order valence-corrected chi connectivity index (χ2v) is 14.8. The molecule has 0 spiro atoms. The van der Waals surface area contributed by atoms with Crippen LogP contribution in [0.3, 0.4) is 0 Å². The summed E-state index contributed by atoms with van der Waals surface area (Å²) >= 11 is 12.8. The maximum Gasteiger partial charge on any atom is 0.260 e. The number of nitrogens with zero attached hydrogens (tertiary/aromatic N) is 2. The zero-order valence-electron chi connectivity index (χ0n) is 28.7. The van der Waals surface area contributed by atoms with Gasteiger partial charge in [0.1, 0.15) is 5.82 Å². The number of allylic oxidation sites excluding steroid dienone is 2. The largest absolute Gasteiger partial charge is 0.504 e. The molecule has 1 saturated carbocycles. The van der Waals surface area contributed by atoms with Gasteiger partial charge in [0.2, 0.25) is 11.8 Å². The molecule has 2 saturated heterocycles. The number of para-hydroxylation sites is 1. The number of carbonyl (C=O) groups is 4. The number of benzene rings is 4. The molecule has 2 heterocycles. The van der Waals surface area contributed by atoms with Crippen LogP contribution >= 0.6 is 23.2 Å². The number of phenolic OH excluding ortho intramolecular Hbond substituents is 1. The first kappa shape index (κ1) is 34.9. The van der Waals surface area contributed by atoms with Crippen molar-refractivity contribution in [3.05, 3.63) is 129 Å². The van der Waals surface area contributed by atoms with Crippen molar-refractivity contribution in [2.45, 2.75) is 38.0 Å². The molecule has 2 aliphatic carbocycles. The number of halogens is 3. The Morgan fingerprint density at radius 1 is 0.925 bits per heavy atom. The smallest absolute Gasteiger partial charge is 0.260 e. The lowest BCUT2D eigenvalue weighted by molar-refractivity contribution is -0.138. The van der Waals surface area contributed by atoms with Crippen molar-refractivity contribution in [2.24, 2.45) is 23.7 Å². The van der Waals surface area contributed by atoms with Crippen molar-refractivity contribution in [1.82, 2.24) is 5.01 Å². The molecule has 4 amide bonds. The highest BCUT2D eigenvalue weighted by atomic mass is 35.5. The first-order valence-corrected chi connectivity index (χ1v) is 18.2. The van der Waals surface area contributed by atoms with E-state index in [1.54, 1.807) is 67.6 Å². The number of imide groups is 2. The van der Waals surface area contributed by atoms with Crippen LogP contribution in [0.1, 0.15) is 42.4 Å². The molecule has 8 rings (SSSR count). The minimum absolute atomic E-state index is 0.0473. The van der Waals surface area contributed by atoms with Gasteiger partial charge in [-0.25, -0.2) is 9.29 Å². The van der Waals surface area contributed by atoms with E-state index in [1.165, 1.54) is 29.2 Å². The summed E-state index contributed by atoms with van der Waals surface area (Å²) in [5.41, 5.74) is 4.20. The van der Waals surface area contributed by atoms with E-state index >= 15 is 4.79 Å². The van der Waals surface area contributed by atoms with E-state index in [1.807, 2.05) is 13.0 Å². The summed E-state index contributed by atoms with van der Waals surface area (Å²) in [5, 5.41) is 13.7. The molecule has 0 radical (unpaired) electrons. The number of aryl methyl sites for hydroxylation is 1. The van der Waals surface area contributed by atoms with E-state index in [9.17, 15) is 23.9 Å². The highest BCUT2D eigenvalue weighted by Crippen LogP contribution is 2.65. The Morgan fingerprint density at radius 3 is 2.36 bits per heavy atom. The maximum atomic E-state index is 15.3. The molecule has 0 bridgehead atoms. The van der Waals surface area contributed by atoms with Crippen LogP contribution in [0.15, 0.2) is 96.6 Å². The highest BCUT2D eigenvalue weighted by molar-refractivity contribution is 6.32. The standard InChI is InChI=1S/C41H34Cl2FN3O6/c1-3-53-33-6-4-5-29(36(33)48)35-27-17-18-28-34(39(51)46(37(28)49)26-16-7-21(2)32(43)19-26)30(27)20-31-38(50)47(45-25-14-12-24(44)13-15-25)40(52)41(31,35)22-8-10-23(42)11-9-22/h4-17,19,28,30-31,34-35,45,48H,3,18,20H2,1-2H3. The Hall–Kier alpha value is -5.19. The van der Waals surface area contributed by atoms with Crippen LogP contribution in [0.4, 0.5) is 15.8 Å². The zero-order valence-corrected chi connectivity index (χ0v) is 30.2. The Kier molecular flexibility index (Phi) is 8.58. The molecule has 270 valence electrons. The van der Waals surface area contributed by atoms with Crippen LogP contribution in [-0.4, -0.2) is 40.4 Å². The fraction of sp³-hybridized carbons (Fsp3) is 0.268. The molecular formula is C41H34Cl2FN3O6. The van der Waals surface area contributed by atoms with Crippen molar-refractivity contribution in [3.63, 3.8) is 0 Å². The number of carbonyl (C=O) groups excluding carboxylic acids is 4. The topological polar surface area (TPSA) is 116 Å². The van der Waals surface area contributed by atoms with E-state index < -0.39 is 58.5 Å². The Bertz CT molecular complexity index is 2230. The number of hydrogen-bond donors (Lipinski definition) is 2. The number of aromatic hydroxyl groups is 1. The molecule has 2 aliphatic heterocycles. The molecule has 2 N–H and O–H groups in total. The number of rotatable bonds is 7. The monoisotopic (exact) mass is 753 g/mol. The van der Waals surface area contributed by atoms with Gasteiger partial charge >= 0.3 is 0 Å². The van der Waals surface area contributed by atoms with Gasteiger partial charge in [0.25, 0.3) is 11.8 Å². The van der Waals surface area contributed by atoms with E-state index in [2.05, 4.69) is 5.43 Å². The summed E-state index contributed by atoms with van der Waals surface area (Å²) in [6, 6.07) is 22.0. The van der Waals surface area contributed by atoms with Crippen molar-refractivity contribution < 1.29 is 33.4 Å². The molecule has 4 aromatic carbocycles. The molecule has 9 nitrogen and oxygen atoms in total. The van der Waals surface area contributed by atoms with Crippen LogP contribution in [-0.2, 0) is 24.6 Å². The third-order valence-corrected chi connectivity index (χ3v) is 12.0. The molecular weight excluding hydrogens is 720 g/mol. The number of anilines is 2.